The first-order valence-corrected chi connectivity index (χ1v) is 9.22. The lowest BCUT2D eigenvalue weighted by molar-refractivity contribution is 0.0700. The van der Waals surface area contributed by atoms with Crippen molar-refractivity contribution in [2.45, 2.75) is 6.54 Å². The molecule has 0 saturated carbocycles. The van der Waals surface area contributed by atoms with Gasteiger partial charge in [-0.25, -0.2) is 8.78 Å². The monoisotopic (exact) mass is 373 g/mol. The maximum absolute atomic E-state index is 13.6. The van der Waals surface area contributed by atoms with Crippen LogP contribution < -0.4 is 0 Å². The maximum atomic E-state index is 13.6. The molecule has 27 heavy (non-hydrogen) atoms. The van der Waals surface area contributed by atoms with Crippen molar-refractivity contribution in [2.75, 3.05) is 46.3 Å². The standard InChI is InChI=1S/C21H25F2N3O/c1-24-9-11-25(12-10-24)13-14-26(16-17-5-3-2-4-6-17)21(27)18-7-8-19(22)20(23)15-18/h2-8,15H,9-14,16H2,1H3. The van der Waals surface area contributed by atoms with Gasteiger partial charge in [-0.3, -0.25) is 9.69 Å². The van der Waals surface area contributed by atoms with E-state index in [1.54, 1.807) is 4.90 Å². The molecular weight excluding hydrogens is 348 g/mol. The molecular formula is C21H25F2N3O. The van der Waals surface area contributed by atoms with Crippen molar-refractivity contribution >= 4 is 5.91 Å². The van der Waals surface area contributed by atoms with Gasteiger partial charge in [0.2, 0.25) is 0 Å². The lowest BCUT2D eigenvalue weighted by atomic mass is 10.1. The molecule has 0 aliphatic carbocycles. The van der Waals surface area contributed by atoms with Crippen LogP contribution in [0.1, 0.15) is 15.9 Å². The van der Waals surface area contributed by atoms with Crippen LogP contribution in [-0.2, 0) is 6.54 Å². The Bertz CT molecular complexity index is 761. The normalized spacial score (nSPS) is 15.7. The van der Waals surface area contributed by atoms with Crippen LogP contribution in [0.2, 0.25) is 0 Å². The molecule has 1 aliphatic rings. The summed E-state index contributed by atoms with van der Waals surface area (Å²) in [5, 5.41) is 0. The largest absolute Gasteiger partial charge is 0.333 e. The van der Waals surface area contributed by atoms with Gasteiger partial charge in [-0.1, -0.05) is 30.3 Å². The molecule has 0 radical (unpaired) electrons. The highest BCUT2D eigenvalue weighted by Gasteiger charge is 2.20. The highest BCUT2D eigenvalue weighted by atomic mass is 19.2. The Morgan fingerprint density at radius 2 is 1.70 bits per heavy atom. The number of piperazine rings is 1. The summed E-state index contributed by atoms with van der Waals surface area (Å²) in [6.45, 7) is 5.69. The summed E-state index contributed by atoms with van der Waals surface area (Å²) in [7, 11) is 2.10. The van der Waals surface area contributed by atoms with E-state index in [2.05, 4.69) is 16.8 Å². The number of benzene rings is 2. The van der Waals surface area contributed by atoms with Crippen LogP contribution in [0.5, 0.6) is 0 Å². The van der Waals surface area contributed by atoms with Crippen LogP contribution in [0, 0.1) is 11.6 Å². The zero-order valence-electron chi connectivity index (χ0n) is 15.6. The molecule has 0 atom stereocenters. The van der Waals surface area contributed by atoms with Crippen LogP contribution >= 0.6 is 0 Å². The van der Waals surface area contributed by atoms with E-state index in [-0.39, 0.29) is 11.5 Å². The minimum absolute atomic E-state index is 0.170. The van der Waals surface area contributed by atoms with Gasteiger partial charge in [0.15, 0.2) is 11.6 Å². The average Bonchev–Trinajstić information content (AvgIpc) is 2.69. The molecule has 0 bridgehead atoms. The zero-order chi connectivity index (χ0) is 19.2. The quantitative estimate of drug-likeness (QED) is 0.779. The van der Waals surface area contributed by atoms with Gasteiger partial charge in [-0.05, 0) is 30.8 Å². The van der Waals surface area contributed by atoms with E-state index in [4.69, 9.17) is 0 Å². The Morgan fingerprint density at radius 1 is 1.00 bits per heavy atom. The summed E-state index contributed by atoms with van der Waals surface area (Å²) in [5.41, 5.74) is 1.18. The predicted molar refractivity (Wildman–Crippen MR) is 101 cm³/mol. The first kappa shape index (κ1) is 19.5. The molecule has 4 nitrogen and oxygen atoms in total. The smallest absolute Gasteiger partial charge is 0.254 e. The third-order valence-electron chi connectivity index (χ3n) is 4.95. The van der Waals surface area contributed by atoms with Gasteiger partial charge in [0.25, 0.3) is 5.91 Å². The second-order valence-electron chi connectivity index (χ2n) is 6.99. The molecule has 2 aromatic carbocycles. The molecule has 1 amide bonds. The molecule has 0 spiro atoms. The molecule has 0 aromatic heterocycles. The molecule has 2 aromatic rings. The molecule has 144 valence electrons. The second kappa shape index (κ2) is 9.06. The van der Waals surface area contributed by atoms with Gasteiger partial charge in [0, 0.05) is 51.4 Å². The third-order valence-corrected chi connectivity index (χ3v) is 4.95. The Kier molecular flexibility index (Phi) is 6.53. The molecule has 3 rings (SSSR count). The number of rotatable bonds is 6. The molecule has 1 saturated heterocycles. The Hall–Kier alpha value is -2.31. The fourth-order valence-electron chi connectivity index (χ4n) is 3.20. The highest BCUT2D eigenvalue weighted by molar-refractivity contribution is 5.94. The van der Waals surface area contributed by atoms with E-state index in [0.717, 1.165) is 50.4 Å². The lowest BCUT2D eigenvalue weighted by Crippen LogP contribution is -2.47. The lowest BCUT2D eigenvalue weighted by Gasteiger charge is -2.34. The van der Waals surface area contributed by atoms with Crippen LogP contribution in [0.4, 0.5) is 8.78 Å². The van der Waals surface area contributed by atoms with Crippen molar-refractivity contribution in [3.05, 3.63) is 71.3 Å². The number of hydrogen-bond donors (Lipinski definition) is 0. The van der Waals surface area contributed by atoms with Crippen LogP contribution in [0.25, 0.3) is 0 Å². The van der Waals surface area contributed by atoms with Gasteiger partial charge in [0.1, 0.15) is 0 Å². The molecule has 1 fully saturated rings. The summed E-state index contributed by atoms with van der Waals surface area (Å²) >= 11 is 0. The molecule has 1 heterocycles. The van der Waals surface area contributed by atoms with E-state index < -0.39 is 11.6 Å². The highest BCUT2D eigenvalue weighted by Crippen LogP contribution is 2.14. The fourth-order valence-corrected chi connectivity index (χ4v) is 3.20. The van der Waals surface area contributed by atoms with E-state index >= 15 is 0 Å². The third kappa shape index (κ3) is 5.34. The SMILES string of the molecule is CN1CCN(CCN(Cc2ccccc2)C(=O)c2ccc(F)c(F)c2)CC1. The van der Waals surface area contributed by atoms with Crippen LogP contribution in [0.3, 0.4) is 0 Å². The first-order chi connectivity index (χ1) is 13.0. The van der Waals surface area contributed by atoms with Crippen molar-refractivity contribution in [3.63, 3.8) is 0 Å². The topological polar surface area (TPSA) is 26.8 Å². The fraction of sp³-hybridized carbons (Fsp3) is 0.381. The first-order valence-electron chi connectivity index (χ1n) is 9.22. The van der Waals surface area contributed by atoms with E-state index in [0.29, 0.717) is 13.1 Å². The minimum Gasteiger partial charge on any atom is -0.333 e. The van der Waals surface area contributed by atoms with Gasteiger partial charge >= 0.3 is 0 Å². The Morgan fingerprint density at radius 3 is 2.37 bits per heavy atom. The zero-order valence-corrected chi connectivity index (χ0v) is 15.6. The van der Waals surface area contributed by atoms with Gasteiger partial charge in [-0.2, -0.15) is 0 Å². The number of carbonyl (C=O) groups excluding carboxylic acids is 1. The second-order valence-corrected chi connectivity index (χ2v) is 6.99. The molecule has 0 N–H and O–H groups in total. The summed E-state index contributed by atoms with van der Waals surface area (Å²) in [6.07, 6.45) is 0. The number of hydrogen-bond acceptors (Lipinski definition) is 3. The molecule has 0 unspecified atom stereocenters. The average molecular weight is 373 g/mol. The van der Waals surface area contributed by atoms with E-state index in [1.807, 2.05) is 30.3 Å². The summed E-state index contributed by atoms with van der Waals surface area (Å²) < 4.78 is 26.8. The summed E-state index contributed by atoms with van der Waals surface area (Å²) in [4.78, 5) is 19.3. The van der Waals surface area contributed by atoms with Crippen molar-refractivity contribution in [1.82, 2.24) is 14.7 Å². The Balaban J connectivity index is 1.72. The van der Waals surface area contributed by atoms with Crippen molar-refractivity contribution < 1.29 is 13.6 Å². The number of likely N-dealkylation sites (N-methyl/N-ethyl adjacent to an activating group) is 1. The van der Waals surface area contributed by atoms with Crippen LogP contribution in [-0.4, -0.2) is 66.9 Å². The number of halogens is 2. The molecule has 6 heteroatoms. The summed E-state index contributed by atoms with van der Waals surface area (Å²) in [6, 6.07) is 13.0. The van der Waals surface area contributed by atoms with Crippen molar-refractivity contribution in [1.29, 1.82) is 0 Å². The van der Waals surface area contributed by atoms with Gasteiger partial charge < -0.3 is 9.80 Å². The number of carbonyl (C=O) groups is 1. The van der Waals surface area contributed by atoms with Crippen LogP contribution in [0.15, 0.2) is 48.5 Å². The van der Waals surface area contributed by atoms with Gasteiger partial charge in [-0.15, -0.1) is 0 Å². The molecule has 1 aliphatic heterocycles. The number of nitrogens with zero attached hydrogens (tertiary/aromatic N) is 3. The Labute approximate surface area is 159 Å². The summed E-state index contributed by atoms with van der Waals surface area (Å²) in [5.74, 6) is -2.23. The minimum atomic E-state index is -1.00. The number of amides is 1. The van der Waals surface area contributed by atoms with Crippen molar-refractivity contribution in [2.24, 2.45) is 0 Å². The van der Waals surface area contributed by atoms with E-state index in [1.165, 1.54) is 6.07 Å². The maximum Gasteiger partial charge on any atom is 0.254 e. The van der Waals surface area contributed by atoms with Gasteiger partial charge in [0.05, 0.1) is 0 Å². The predicted octanol–water partition coefficient (Wildman–Crippen LogP) is 2.85. The van der Waals surface area contributed by atoms with Crippen molar-refractivity contribution in [3.8, 4) is 0 Å². The van der Waals surface area contributed by atoms with E-state index in [9.17, 15) is 13.6 Å².